The van der Waals surface area contributed by atoms with Crippen molar-refractivity contribution in [2.45, 2.75) is 13.5 Å². The topological polar surface area (TPSA) is 29.5 Å². The minimum atomic E-state index is 0.111. The maximum absolute atomic E-state index is 8.78. The van der Waals surface area contributed by atoms with Gasteiger partial charge in [0.1, 0.15) is 0 Å². The van der Waals surface area contributed by atoms with Crippen LogP contribution in [0.2, 0.25) is 0 Å². The zero-order valence-electron chi connectivity index (χ0n) is 6.05. The molecule has 0 radical (unpaired) electrons. The molecule has 0 aliphatic heterocycles. The van der Waals surface area contributed by atoms with Crippen molar-refractivity contribution in [3.05, 3.63) is 16.5 Å². The van der Waals surface area contributed by atoms with Gasteiger partial charge in [0.05, 0.1) is 13.7 Å². The fourth-order valence-electron chi connectivity index (χ4n) is 0.746. The normalized spacial score (nSPS) is 9.90. The van der Waals surface area contributed by atoms with Crippen LogP contribution in [0.1, 0.15) is 10.4 Å². The first-order valence-corrected chi connectivity index (χ1v) is 3.83. The summed E-state index contributed by atoms with van der Waals surface area (Å²) in [4.78, 5) is 0.983. The van der Waals surface area contributed by atoms with E-state index in [2.05, 4.69) is 0 Å². The molecule has 0 bridgehead atoms. The van der Waals surface area contributed by atoms with Gasteiger partial charge in [-0.05, 0) is 18.6 Å². The van der Waals surface area contributed by atoms with Crippen LogP contribution < -0.4 is 4.74 Å². The summed E-state index contributed by atoms with van der Waals surface area (Å²) in [5, 5.41) is 9.64. The Morgan fingerprint density at radius 2 is 2.40 bits per heavy atom. The lowest BCUT2D eigenvalue weighted by Gasteiger charge is -1.88. The first kappa shape index (κ1) is 7.57. The van der Waals surface area contributed by atoms with Gasteiger partial charge >= 0.3 is 0 Å². The number of hydrogen-bond acceptors (Lipinski definition) is 3. The van der Waals surface area contributed by atoms with Crippen LogP contribution in [0.5, 0.6) is 5.06 Å². The largest absolute Gasteiger partial charge is 0.487 e. The number of methoxy groups -OCH3 is 1. The minimum absolute atomic E-state index is 0.111. The van der Waals surface area contributed by atoms with E-state index in [1.807, 2.05) is 13.0 Å². The Hall–Kier alpha value is -0.540. The Labute approximate surface area is 64.1 Å². The molecule has 10 heavy (non-hydrogen) atoms. The van der Waals surface area contributed by atoms with Gasteiger partial charge in [0.25, 0.3) is 0 Å². The first-order valence-electron chi connectivity index (χ1n) is 3.02. The van der Waals surface area contributed by atoms with E-state index in [1.165, 1.54) is 11.3 Å². The summed E-state index contributed by atoms with van der Waals surface area (Å²) in [6.07, 6.45) is 0. The lowest BCUT2D eigenvalue weighted by atomic mass is 10.3. The molecule has 1 N–H and O–H groups in total. The van der Waals surface area contributed by atoms with Crippen LogP contribution in [0.25, 0.3) is 0 Å². The monoisotopic (exact) mass is 158 g/mol. The summed E-state index contributed by atoms with van der Waals surface area (Å²) < 4.78 is 4.98. The third kappa shape index (κ3) is 1.30. The van der Waals surface area contributed by atoms with Gasteiger partial charge in [0.2, 0.25) is 0 Å². The summed E-state index contributed by atoms with van der Waals surface area (Å²) in [5.74, 6) is 0. The molecule has 0 amide bonds. The van der Waals surface area contributed by atoms with E-state index in [9.17, 15) is 0 Å². The van der Waals surface area contributed by atoms with Crippen molar-refractivity contribution in [3.8, 4) is 5.06 Å². The Bertz CT molecular complexity index is 217. The quantitative estimate of drug-likeness (QED) is 0.707. The van der Waals surface area contributed by atoms with Crippen LogP contribution >= 0.6 is 11.3 Å². The maximum atomic E-state index is 8.78. The molecule has 0 saturated heterocycles. The van der Waals surface area contributed by atoms with Crippen molar-refractivity contribution in [2.24, 2.45) is 0 Å². The van der Waals surface area contributed by atoms with Crippen LogP contribution in [0.15, 0.2) is 6.07 Å². The molecule has 3 heteroatoms. The molecule has 1 rings (SSSR count). The van der Waals surface area contributed by atoms with E-state index in [4.69, 9.17) is 9.84 Å². The number of aliphatic hydroxyl groups excluding tert-OH is 1. The molecule has 0 aromatic carbocycles. The molecule has 1 heterocycles. The molecular formula is C7H10O2S. The van der Waals surface area contributed by atoms with Crippen LogP contribution in [0.4, 0.5) is 0 Å². The number of thiophene rings is 1. The summed E-state index contributed by atoms with van der Waals surface area (Å²) in [6, 6.07) is 1.93. The summed E-state index contributed by atoms with van der Waals surface area (Å²) in [7, 11) is 1.63. The molecule has 0 aliphatic rings. The fourth-order valence-corrected chi connectivity index (χ4v) is 1.59. The first-order chi connectivity index (χ1) is 4.77. The van der Waals surface area contributed by atoms with Gasteiger partial charge in [-0.1, -0.05) is 0 Å². The van der Waals surface area contributed by atoms with E-state index in [1.54, 1.807) is 7.11 Å². The minimum Gasteiger partial charge on any atom is -0.487 e. The second kappa shape index (κ2) is 3.03. The van der Waals surface area contributed by atoms with Crippen LogP contribution in [-0.2, 0) is 6.61 Å². The Balaban J connectivity index is 2.92. The lowest BCUT2D eigenvalue weighted by molar-refractivity contribution is 0.285. The molecular weight excluding hydrogens is 148 g/mol. The molecule has 0 atom stereocenters. The Morgan fingerprint density at radius 3 is 2.70 bits per heavy atom. The van der Waals surface area contributed by atoms with Crippen LogP contribution in [0.3, 0.4) is 0 Å². The fraction of sp³-hybridized carbons (Fsp3) is 0.429. The number of ether oxygens (including phenoxy) is 1. The summed E-state index contributed by atoms with van der Waals surface area (Å²) >= 11 is 1.49. The molecule has 0 unspecified atom stereocenters. The zero-order valence-corrected chi connectivity index (χ0v) is 6.86. The highest BCUT2D eigenvalue weighted by Gasteiger charge is 2.02. The lowest BCUT2D eigenvalue weighted by Crippen LogP contribution is -1.76. The molecule has 0 saturated carbocycles. The van der Waals surface area contributed by atoms with Gasteiger partial charge in [-0.25, -0.2) is 0 Å². The van der Waals surface area contributed by atoms with Crippen molar-refractivity contribution < 1.29 is 9.84 Å². The molecule has 2 nitrogen and oxygen atoms in total. The van der Waals surface area contributed by atoms with Crippen LogP contribution in [-0.4, -0.2) is 12.2 Å². The summed E-state index contributed by atoms with van der Waals surface area (Å²) in [5.41, 5.74) is 1.10. The molecule has 1 aromatic rings. The molecule has 1 aromatic heterocycles. The second-order valence-electron chi connectivity index (χ2n) is 2.03. The average Bonchev–Trinajstić information content (AvgIpc) is 2.30. The van der Waals surface area contributed by atoms with E-state index in [-0.39, 0.29) is 6.61 Å². The predicted octanol–water partition coefficient (Wildman–Crippen LogP) is 1.56. The van der Waals surface area contributed by atoms with E-state index in [0.717, 1.165) is 15.5 Å². The van der Waals surface area contributed by atoms with Crippen molar-refractivity contribution in [1.29, 1.82) is 0 Å². The average molecular weight is 158 g/mol. The highest BCUT2D eigenvalue weighted by atomic mass is 32.1. The third-order valence-electron chi connectivity index (χ3n) is 1.34. The van der Waals surface area contributed by atoms with Crippen molar-refractivity contribution in [2.75, 3.05) is 7.11 Å². The van der Waals surface area contributed by atoms with Crippen molar-refractivity contribution >= 4 is 11.3 Å². The van der Waals surface area contributed by atoms with Gasteiger partial charge in [0.15, 0.2) is 5.06 Å². The highest BCUT2D eigenvalue weighted by Crippen LogP contribution is 2.27. The van der Waals surface area contributed by atoms with Gasteiger partial charge in [-0.15, -0.1) is 11.3 Å². The SMILES string of the molecule is COc1cc(C)c(CO)s1. The molecule has 0 aliphatic carbocycles. The number of rotatable bonds is 2. The molecule has 56 valence electrons. The number of hydrogen-bond donors (Lipinski definition) is 1. The van der Waals surface area contributed by atoms with E-state index >= 15 is 0 Å². The van der Waals surface area contributed by atoms with Gasteiger partial charge in [0, 0.05) is 4.88 Å². The van der Waals surface area contributed by atoms with Crippen molar-refractivity contribution in [1.82, 2.24) is 0 Å². The zero-order chi connectivity index (χ0) is 7.56. The predicted molar refractivity (Wildman–Crippen MR) is 41.5 cm³/mol. The maximum Gasteiger partial charge on any atom is 0.173 e. The third-order valence-corrected chi connectivity index (χ3v) is 2.53. The van der Waals surface area contributed by atoms with Crippen molar-refractivity contribution in [3.63, 3.8) is 0 Å². The molecule has 0 spiro atoms. The number of aryl methyl sites for hydroxylation is 1. The van der Waals surface area contributed by atoms with E-state index in [0.29, 0.717) is 0 Å². The van der Waals surface area contributed by atoms with Gasteiger partial charge < -0.3 is 9.84 Å². The van der Waals surface area contributed by atoms with Gasteiger partial charge in [-0.3, -0.25) is 0 Å². The summed E-state index contributed by atoms with van der Waals surface area (Å²) in [6.45, 7) is 2.07. The Kier molecular flexibility index (Phi) is 2.29. The van der Waals surface area contributed by atoms with Crippen LogP contribution in [0, 0.1) is 6.92 Å². The van der Waals surface area contributed by atoms with Gasteiger partial charge in [-0.2, -0.15) is 0 Å². The molecule has 0 fully saturated rings. The smallest absolute Gasteiger partial charge is 0.173 e. The Morgan fingerprint density at radius 1 is 1.70 bits per heavy atom. The van der Waals surface area contributed by atoms with E-state index < -0.39 is 0 Å². The standard InChI is InChI=1S/C7H10O2S/c1-5-3-7(9-2)10-6(5)4-8/h3,8H,4H2,1-2H3. The second-order valence-corrected chi connectivity index (χ2v) is 3.13. The number of aliphatic hydroxyl groups is 1. The highest BCUT2D eigenvalue weighted by molar-refractivity contribution is 7.14.